The fourth-order valence-corrected chi connectivity index (χ4v) is 0.356. The van der Waals surface area contributed by atoms with Crippen molar-refractivity contribution in [2.45, 2.75) is 24.6 Å². The van der Waals surface area contributed by atoms with Gasteiger partial charge in [-0.3, -0.25) is 0 Å². The van der Waals surface area contributed by atoms with Crippen molar-refractivity contribution >= 4 is 23.2 Å². The van der Waals surface area contributed by atoms with E-state index in [0.717, 1.165) is 0 Å². The first kappa shape index (κ1) is 8.14. The molecule has 0 radical (unpaired) electrons. The predicted molar refractivity (Wildman–Crippen MR) is 38.4 cm³/mol. The van der Waals surface area contributed by atoms with Gasteiger partial charge in [-0.05, 0) is 13.8 Å². The average Bonchev–Trinajstić information content (AvgIpc) is 1.61. The number of hydrogen-bond acceptors (Lipinski definition) is 0. The van der Waals surface area contributed by atoms with Crippen molar-refractivity contribution in [3.8, 4) is 11.8 Å². The van der Waals surface area contributed by atoms with Crippen LogP contribution in [-0.4, -0.2) is 10.8 Å². The second kappa shape index (κ2) is 4.06. The van der Waals surface area contributed by atoms with Crippen LogP contribution in [-0.2, 0) is 0 Å². The SMILES string of the molecule is CC(Cl)C#CC(C)Cl. The Hall–Kier alpha value is 0.140. The molecule has 2 unspecified atom stereocenters. The molecule has 0 fully saturated rings. The van der Waals surface area contributed by atoms with Gasteiger partial charge < -0.3 is 0 Å². The summed E-state index contributed by atoms with van der Waals surface area (Å²) in [5, 5.41) is -0.174. The minimum atomic E-state index is -0.0869. The van der Waals surface area contributed by atoms with Crippen LogP contribution in [0.5, 0.6) is 0 Å². The molecular formula is C6H8Cl2. The minimum Gasteiger partial charge on any atom is -0.109 e. The van der Waals surface area contributed by atoms with Gasteiger partial charge in [-0.2, -0.15) is 0 Å². The minimum absolute atomic E-state index is 0.0869. The first-order valence-electron chi connectivity index (χ1n) is 2.42. The molecular weight excluding hydrogens is 143 g/mol. The number of alkyl halides is 2. The van der Waals surface area contributed by atoms with Gasteiger partial charge in [-0.1, -0.05) is 11.8 Å². The third kappa shape index (κ3) is 6.14. The number of hydrogen-bond donors (Lipinski definition) is 0. The second-order valence-electron chi connectivity index (χ2n) is 1.52. The molecule has 2 atom stereocenters. The van der Waals surface area contributed by atoms with Crippen LogP contribution in [0.15, 0.2) is 0 Å². The van der Waals surface area contributed by atoms with E-state index in [-0.39, 0.29) is 10.8 Å². The Morgan fingerprint density at radius 2 is 1.25 bits per heavy atom. The van der Waals surface area contributed by atoms with Crippen molar-refractivity contribution in [3.63, 3.8) is 0 Å². The Morgan fingerprint density at radius 3 is 1.38 bits per heavy atom. The maximum Gasteiger partial charge on any atom is 0.0915 e. The van der Waals surface area contributed by atoms with E-state index in [1.54, 1.807) is 0 Å². The highest BCUT2D eigenvalue weighted by Crippen LogP contribution is 1.92. The van der Waals surface area contributed by atoms with E-state index in [1.165, 1.54) is 0 Å². The Morgan fingerprint density at radius 1 is 1.00 bits per heavy atom. The highest BCUT2D eigenvalue weighted by atomic mass is 35.5. The Kier molecular flexibility index (Phi) is 4.13. The highest BCUT2D eigenvalue weighted by Gasteiger charge is 1.86. The van der Waals surface area contributed by atoms with Gasteiger partial charge in [-0.15, -0.1) is 23.2 Å². The summed E-state index contributed by atoms with van der Waals surface area (Å²) < 4.78 is 0. The maximum atomic E-state index is 5.49. The Labute approximate surface area is 60.2 Å². The van der Waals surface area contributed by atoms with Crippen molar-refractivity contribution in [2.75, 3.05) is 0 Å². The van der Waals surface area contributed by atoms with E-state index < -0.39 is 0 Å². The molecule has 0 heterocycles. The summed E-state index contributed by atoms with van der Waals surface area (Å²) in [4.78, 5) is 0. The van der Waals surface area contributed by atoms with Crippen molar-refractivity contribution < 1.29 is 0 Å². The van der Waals surface area contributed by atoms with Crippen LogP contribution >= 0.6 is 23.2 Å². The molecule has 0 N–H and O–H groups in total. The molecule has 0 saturated carbocycles. The van der Waals surface area contributed by atoms with Gasteiger partial charge in [0.25, 0.3) is 0 Å². The molecule has 0 aromatic carbocycles. The summed E-state index contributed by atoms with van der Waals surface area (Å²) in [6.45, 7) is 3.63. The van der Waals surface area contributed by atoms with Crippen LogP contribution in [0, 0.1) is 11.8 Å². The molecule has 0 aromatic heterocycles. The molecule has 0 aliphatic carbocycles. The van der Waals surface area contributed by atoms with Crippen molar-refractivity contribution in [3.05, 3.63) is 0 Å². The van der Waals surface area contributed by atoms with E-state index in [2.05, 4.69) is 11.8 Å². The zero-order chi connectivity index (χ0) is 6.57. The van der Waals surface area contributed by atoms with Gasteiger partial charge in [0.1, 0.15) is 0 Å². The van der Waals surface area contributed by atoms with Gasteiger partial charge in [0, 0.05) is 0 Å². The van der Waals surface area contributed by atoms with Crippen LogP contribution in [0.25, 0.3) is 0 Å². The first-order chi connectivity index (χ1) is 3.63. The molecule has 0 bridgehead atoms. The van der Waals surface area contributed by atoms with E-state index in [9.17, 15) is 0 Å². The fourth-order valence-electron chi connectivity index (χ4n) is 0.230. The van der Waals surface area contributed by atoms with E-state index in [1.807, 2.05) is 13.8 Å². The van der Waals surface area contributed by atoms with Gasteiger partial charge in [0.2, 0.25) is 0 Å². The van der Waals surface area contributed by atoms with Gasteiger partial charge >= 0.3 is 0 Å². The van der Waals surface area contributed by atoms with Crippen LogP contribution in [0.1, 0.15) is 13.8 Å². The molecule has 0 rings (SSSR count). The van der Waals surface area contributed by atoms with E-state index in [4.69, 9.17) is 23.2 Å². The standard InChI is InChI=1S/C6H8Cl2/c1-5(7)3-4-6(2)8/h5-6H,1-2H3. The molecule has 0 nitrogen and oxygen atoms in total. The molecule has 0 aliphatic heterocycles. The largest absolute Gasteiger partial charge is 0.109 e. The number of rotatable bonds is 0. The Bertz CT molecular complexity index is 93.4. The highest BCUT2D eigenvalue weighted by molar-refractivity contribution is 6.23. The zero-order valence-electron chi connectivity index (χ0n) is 4.91. The lowest BCUT2D eigenvalue weighted by Gasteiger charge is -1.86. The topological polar surface area (TPSA) is 0 Å². The van der Waals surface area contributed by atoms with Crippen LogP contribution in [0.3, 0.4) is 0 Å². The predicted octanol–water partition coefficient (Wildman–Crippen LogP) is 2.24. The zero-order valence-corrected chi connectivity index (χ0v) is 6.42. The molecule has 0 saturated heterocycles. The normalized spacial score (nSPS) is 16.0. The van der Waals surface area contributed by atoms with Crippen LogP contribution in [0.2, 0.25) is 0 Å². The van der Waals surface area contributed by atoms with Crippen LogP contribution < -0.4 is 0 Å². The smallest absolute Gasteiger partial charge is 0.0915 e. The van der Waals surface area contributed by atoms with Crippen molar-refractivity contribution in [1.82, 2.24) is 0 Å². The lowest BCUT2D eigenvalue weighted by molar-refractivity contribution is 1.24. The van der Waals surface area contributed by atoms with Gasteiger partial charge in [0.15, 0.2) is 0 Å². The summed E-state index contributed by atoms with van der Waals surface area (Å²) in [6, 6.07) is 0. The lowest BCUT2D eigenvalue weighted by atomic mass is 10.4. The fraction of sp³-hybridized carbons (Fsp3) is 0.667. The first-order valence-corrected chi connectivity index (χ1v) is 3.29. The number of halogens is 2. The quantitative estimate of drug-likeness (QED) is 0.368. The summed E-state index contributed by atoms with van der Waals surface area (Å²) in [7, 11) is 0. The summed E-state index contributed by atoms with van der Waals surface area (Å²) in [6.07, 6.45) is 0. The molecule has 0 spiro atoms. The second-order valence-corrected chi connectivity index (χ2v) is 2.83. The van der Waals surface area contributed by atoms with Crippen molar-refractivity contribution in [2.24, 2.45) is 0 Å². The molecule has 46 valence electrons. The van der Waals surface area contributed by atoms with E-state index in [0.29, 0.717) is 0 Å². The lowest BCUT2D eigenvalue weighted by Crippen LogP contribution is -1.87. The molecule has 0 aliphatic rings. The summed E-state index contributed by atoms with van der Waals surface area (Å²) in [5.74, 6) is 5.46. The van der Waals surface area contributed by atoms with Gasteiger partial charge in [0.05, 0.1) is 10.8 Å². The molecule has 8 heavy (non-hydrogen) atoms. The molecule has 0 aromatic rings. The maximum absolute atomic E-state index is 5.49. The molecule has 2 heteroatoms. The average molecular weight is 151 g/mol. The third-order valence-corrected chi connectivity index (χ3v) is 0.699. The van der Waals surface area contributed by atoms with Gasteiger partial charge in [-0.25, -0.2) is 0 Å². The monoisotopic (exact) mass is 150 g/mol. The Balaban J connectivity index is 3.50. The van der Waals surface area contributed by atoms with E-state index >= 15 is 0 Å². The van der Waals surface area contributed by atoms with Crippen molar-refractivity contribution in [1.29, 1.82) is 0 Å². The summed E-state index contributed by atoms with van der Waals surface area (Å²) in [5.41, 5.74) is 0. The summed E-state index contributed by atoms with van der Waals surface area (Å²) >= 11 is 11.0. The third-order valence-electron chi connectivity index (χ3n) is 0.481. The molecule has 0 amide bonds. The van der Waals surface area contributed by atoms with Crippen LogP contribution in [0.4, 0.5) is 0 Å².